The molecule has 1 aromatic carbocycles. The highest BCUT2D eigenvalue weighted by Crippen LogP contribution is 2.31. The van der Waals surface area contributed by atoms with Gasteiger partial charge in [0.15, 0.2) is 0 Å². The van der Waals surface area contributed by atoms with Crippen molar-refractivity contribution in [2.75, 3.05) is 19.3 Å². The first kappa shape index (κ1) is 12.2. The van der Waals surface area contributed by atoms with Gasteiger partial charge in [-0.25, -0.2) is 0 Å². The number of benzene rings is 1. The van der Waals surface area contributed by atoms with Gasteiger partial charge < -0.3 is 4.90 Å². The van der Waals surface area contributed by atoms with Crippen LogP contribution in [0.3, 0.4) is 0 Å². The third-order valence-corrected chi connectivity index (χ3v) is 3.67. The third kappa shape index (κ3) is 2.57. The van der Waals surface area contributed by atoms with E-state index >= 15 is 0 Å². The average Bonchev–Trinajstić information content (AvgIpc) is 2.28. The summed E-state index contributed by atoms with van der Waals surface area (Å²) in [7, 11) is 2.14. The molecular weight excluding hydrogens is 237 g/mol. The summed E-state index contributed by atoms with van der Waals surface area (Å²) in [4.78, 5) is 3.65. The van der Waals surface area contributed by atoms with Gasteiger partial charge in [-0.3, -0.25) is 0 Å². The van der Waals surface area contributed by atoms with Crippen molar-refractivity contribution in [1.29, 1.82) is 0 Å². The maximum Gasteiger partial charge on any atom is 0.0462 e. The molecule has 0 N–H and O–H groups in total. The predicted molar refractivity (Wildman–Crippen MR) is 65.8 cm³/mol. The van der Waals surface area contributed by atoms with Crippen LogP contribution in [0.15, 0.2) is 23.1 Å². The summed E-state index contributed by atoms with van der Waals surface area (Å²) in [6.07, 6.45) is 0. The molecule has 4 heteroatoms. The van der Waals surface area contributed by atoms with Gasteiger partial charge in [0.05, 0.1) is 0 Å². The number of nitrogens with zero attached hydrogens (tertiary/aromatic N) is 1. The molecule has 0 bridgehead atoms. The van der Waals surface area contributed by atoms with E-state index in [9.17, 15) is 0 Å². The van der Waals surface area contributed by atoms with Gasteiger partial charge in [0.1, 0.15) is 0 Å². The molecule has 0 saturated heterocycles. The molecule has 1 nitrogen and oxygen atoms in total. The zero-order valence-corrected chi connectivity index (χ0v) is 10.4. The van der Waals surface area contributed by atoms with E-state index in [1.165, 1.54) is 10.5 Å². The highest BCUT2D eigenvalue weighted by atomic mass is 35.5. The fourth-order valence-corrected chi connectivity index (χ4v) is 2.92. The lowest BCUT2D eigenvalue weighted by atomic mass is 10.2. The van der Waals surface area contributed by atoms with E-state index < -0.39 is 0 Å². The highest BCUT2D eigenvalue weighted by molar-refractivity contribution is 7.99. The number of thioether (sulfide) groups is 1. The van der Waals surface area contributed by atoms with E-state index in [4.69, 9.17) is 11.6 Å². The average molecular weight is 250 g/mol. The van der Waals surface area contributed by atoms with Crippen LogP contribution in [0.5, 0.6) is 0 Å². The molecule has 1 heterocycles. The summed E-state index contributed by atoms with van der Waals surface area (Å²) in [6.45, 7) is 2.11. The zero-order chi connectivity index (χ0) is 9.26. The van der Waals surface area contributed by atoms with Gasteiger partial charge in [-0.05, 0) is 24.7 Å². The van der Waals surface area contributed by atoms with Gasteiger partial charge in [-0.15, -0.1) is 24.2 Å². The molecule has 0 radical (unpaired) electrons. The van der Waals surface area contributed by atoms with Gasteiger partial charge in [0.25, 0.3) is 0 Å². The van der Waals surface area contributed by atoms with Crippen molar-refractivity contribution in [3.05, 3.63) is 28.8 Å². The first-order chi connectivity index (χ1) is 6.27. The molecule has 0 fully saturated rings. The Morgan fingerprint density at radius 3 is 3.00 bits per heavy atom. The highest BCUT2D eigenvalue weighted by Gasteiger charge is 2.13. The van der Waals surface area contributed by atoms with Crippen molar-refractivity contribution >= 4 is 35.8 Å². The Morgan fingerprint density at radius 2 is 2.21 bits per heavy atom. The molecule has 1 aromatic rings. The monoisotopic (exact) mass is 249 g/mol. The van der Waals surface area contributed by atoms with Crippen molar-refractivity contribution in [3.63, 3.8) is 0 Å². The molecule has 0 aromatic heterocycles. The van der Waals surface area contributed by atoms with E-state index in [2.05, 4.69) is 18.0 Å². The second kappa shape index (κ2) is 5.26. The van der Waals surface area contributed by atoms with E-state index in [1.807, 2.05) is 23.9 Å². The Morgan fingerprint density at radius 1 is 1.43 bits per heavy atom. The van der Waals surface area contributed by atoms with Crippen LogP contribution in [0.25, 0.3) is 0 Å². The molecule has 0 spiro atoms. The molecule has 1 aliphatic rings. The van der Waals surface area contributed by atoms with Crippen LogP contribution in [-0.4, -0.2) is 24.2 Å². The summed E-state index contributed by atoms with van der Waals surface area (Å²) in [5.41, 5.74) is 1.29. The fraction of sp³-hybridized carbons (Fsp3) is 0.400. The van der Waals surface area contributed by atoms with Gasteiger partial charge in [0.2, 0.25) is 0 Å². The van der Waals surface area contributed by atoms with Gasteiger partial charge in [-0.1, -0.05) is 17.7 Å². The topological polar surface area (TPSA) is 3.24 Å². The molecule has 14 heavy (non-hydrogen) atoms. The number of hydrogen-bond donors (Lipinski definition) is 0. The van der Waals surface area contributed by atoms with E-state index in [-0.39, 0.29) is 12.4 Å². The molecule has 0 unspecified atom stereocenters. The number of halogens is 2. The minimum Gasteiger partial charge on any atom is -0.301 e. The number of hydrogen-bond acceptors (Lipinski definition) is 2. The molecule has 0 atom stereocenters. The number of rotatable bonds is 0. The largest absolute Gasteiger partial charge is 0.301 e. The lowest BCUT2D eigenvalue weighted by Crippen LogP contribution is -2.18. The van der Waals surface area contributed by atoms with Crippen LogP contribution in [-0.2, 0) is 6.54 Å². The summed E-state index contributed by atoms with van der Waals surface area (Å²) < 4.78 is 0. The lowest BCUT2D eigenvalue weighted by Gasteiger charge is -2.13. The van der Waals surface area contributed by atoms with Crippen LogP contribution in [0.4, 0.5) is 0 Å². The molecule has 1 aliphatic heterocycles. The summed E-state index contributed by atoms with van der Waals surface area (Å²) >= 11 is 8.04. The Bertz CT molecular complexity index is 317. The first-order valence-electron chi connectivity index (χ1n) is 4.36. The number of fused-ring (bicyclic) bond motifs is 1. The standard InChI is InChI=1S/C10H12ClNS.ClH/c1-12-5-6-13-10-4-2-3-9(11)8(10)7-12;/h2-4H,5-7H2,1H3;1H. The Balaban J connectivity index is 0.000000980. The third-order valence-electron chi connectivity index (χ3n) is 2.23. The minimum atomic E-state index is 0. The van der Waals surface area contributed by atoms with Crippen LogP contribution in [0, 0.1) is 0 Å². The minimum absolute atomic E-state index is 0. The second-order valence-electron chi connectivity index (χ2n) is 3.30. The van der Waals surface area contributed by atoms with E-state index in [0.717, 1.165) is 23.9 Å². The van der Waals surface area contributed by atoms with Gasteiger partial charge in [-0.2, -0.15) is 0 Å². The Kier molecular flexibility index (Phi) is 4.58. The Labute approximate surface area is 100 Å². The van der Waals surface area contributed by atoms with Gasteiger partial charge in [0, 0.05) is 28.8 Å². The maximum absolute atomic E-state index is 6.14. The summed E-state index contributed by atoms with van der Waals surface area (Å²) in [5, 5.41) is 0.902. The van der Waals surface area contributed by atoms with Crippen LogP contribution in [0.1, 0.15) is 5.56 Å². The van der Waals surface area contributed by atoms with E-state index in [0.29, 0.717) is 0 Å². The smallest absolute Gasteiger partial charge is 0.0462 e. The second-order valence-corrected chi connectivity index (χ2v) is 4.85. The normalized spacial score (nSPS) is 16.7. The van der Waals surface area contributed by atoms with Crippen molar-refractivity contribution in [3.8, 4) is 0 Å². The Hall–Kier alpha value is 0.110. The molecule has 0 saturated carbocycles. The zero-order valence-electron chi connectivity index (χ0n) is 8.00. The predicted octanol–water partition coefficient (Wildman–Crippen LogP) is 3.30. The lowest BCUT2D eigenvalue weighted by molar-refractivity contribution is 0.349. The SMILES string of the molecule is CN1CCSc2cccc(Cl)c2C1.Cl. The van der Waals surface area contributed by atoms with E-state index in [1.54, 1.807) is 0 Å². The van der Waals surface area contributed by atoms with Crippen molar-refractivity contribution in [1.82, 2.24) is 4.90 Å². The molecule has 2 rings (SSSR count). The van der Waals surface area contributed by atoms with Crippen molar-refractivity contribution in [2.45, 2.75) is 11.4 Å². The van der Waals surface area contributed by atoms with Crippen molar-refractivity contribution in [2.24, 2.45) is 0 Å². The summed E-state index contributed by atoms with van der Waals surface area (Å²) in [6, 6.07) is 6.16. The molecular formula is C10H13Cl2NS. The molecule has 0 aliphatic carbocycles. The quantitative estimate of drug-likeness (QED) is 0.695. The fourth-order valence-electron chi connectivity index (χ4n) is 1.49. The first-order valence-corrected chi connectivity index (χ1v) is 5.72. The van der Waals surface area contributed by atoms with Crippen LogP contribution in [0.2, 0.25) is 5.02 Å². The van der Waals surface area contributed by atoms with Crippen molar-refractivity contribution < 1.29 is 0 Å². The molecule has 78 valence electrons. The summed E-state index contributed by atoms with van der Waals surface area (Å²) in [5.74, 6) is 1.16. The van der Waals surface area contributed by atoms with Crippen LogP contribution >= 0.6 is 35.8 Å². The maximum atomic E-state index is 6.14. The molecule has 0 amide bonds. The van der Waals surface area contributed by atoms with Crippen LogP contribution < -0.4 is 0 Å². The van der Waals surface area contributed by atoms with Gasteiger partial charge >= 0.3 is 0 Å².